The molecule has 0 fully saturated rings. The van der Waals surface area contributed by atoms with Gasteiger partial charge in [-0.1, -0.05) is 23.2 Å². The Hall–Kier alpha value is -1.49. The summed E-state index contributed by atoms with van der Waals surface area (Å²) in [6, 6.07) is 8.33. The molecule has 0 saturated carbocycles. The van der Waals surface area contributed by atoms with Crippen LogP contribution in [0.5, 0.6) is 0 Å². The Morgan fingerprint density at radius 3 is 2.81 bits per heavy atom. The molecule has 3 aromatic heterocycles. The normalized spacial score (nSPS) is 11.2. The van der Waals surface area contributed by atoms with E-state index in [1.165, 1.54) is 10.7 Å². The molecule has 0 bridgehead atoms. The quantitative estimate of drug-likeness (QED) is 0.317. The van der Waals surface area contributed by atoms with Gasteiger partial charge in [-0.25, -0.2) is 19.4 Å². The van der Waals surface area contributed by atoms with Crippen molar-refractivity contribution in [2.45, 2.75) is 0 Å². The van der Waals surface area contributed by atoms with Crippen molar-refractivity contribution in [3.8, 4) is 17.4 Å². The highest BCUT2D eigenvalue weighted by Crippen LogP contribution is 2.29. The summed E-state index contributed by atoms with van der Waals surface area (Å²) in [5.41, 5.74) is 0.390. The third kappa shape index (κ3) is 3.15. The summed E-state index contributed by atoms with van der Waals surface area (Å²) < 4.78 is 8.14. The van der Waals surface area contributed by atoms with Gasteiger partial charge in [-0.3, -0.25) is 0 Å². The second-order valence-electron chi connectivity index (χ2n) is 5.16. The van der Waals surface area contributed by atoms with E-state index in [-0.39, 0.29) is 5.89 Å². The molecule has 130 valence electrons. The van der Waals surface area contributed by atoms with Crippen molar-refractivity contribution in [2.24, 2.45) is 0 Å². The molecule has 0 aliphatic heterocycles. The fourth-order valence-electron chi connectivity index (χ4n) is 2.41. The minimum absolute atomic E-state index is 0.0997. The second kappa shape index (κ2) is 6.91. The molecule has 0 N–H and O–H groups in total. The Kier molecular flexibility index (Phi) is 4.76. The molecular weight excluding hydrogens is 558 g/mol. The highest BCUT2D eigenvalue weighted by molar-refractivity contribution is 14.1. The van der Waals surface area contributed by atoms with E-state index < -0.39 is 5.63 Å². The van der Waals surface area contributed by atoms with Gasteiger partial charge < -0.3 is 4.42 Å². The van der Waals surface area contributed by atoms with Crippen LogP contribution in [-0.2, 0) is 0 Å². The molecule has 0 aliphatic carbocycles. The van der Waals surface area contributed by atoms with Crippen LogP contribution in [0.3, 0.4) is 0 Å². The SMILES string of the molecule is O=c1oc(-c2cc(Br)nn2-c2ncccc2Cl)nc2c(I)cc(Cl)cc12. The van der Waals surface area contributed by atoms with Gasteiger partial charge in [0.15, 0.2) is 5.82 Å². The lowest BCUT2D eigenvalue weighted by molar-refractivity contribution is 0.513. The molecule has 3 heterocycles. The Balaban J connectivity index is 2.01. The van der Waals surface area contributed by atoms with E-state index in [2.05, 4.69) is 53.6 Å². The molecule has 0 saturated heterocycles. The number of halogens is 4. The lowest BCUT2D eigenvalue weighted by atomic mass is 10.2. The predicted octanol–water partition coefficient (Wildman–Crippen LogP) is 5.11. The minimum Gasteiger partial charge on any atom is -0.401 e. The van der Waals surface area contributed by atoms with Gasteiger partial charge in [-0.15, -0.1) is 0 Å². The van der Waals surface area contributed by atoms with Crippen LogP contribution in [0.15, 0.2) is 50.3 Å². The Morgan fingerprint density at radius 1 is 1.23 bits per heavy atom. The first-order valence-corrected chi connectivity index (χ1v) is 9.73. The highest BCUT2D eigenvalue weighted by atomic mass is 127. The molecular formula is C16H6BrCl2IN4O2. The molecule has 0 atom stereocenters. The predicted molar refractivity (Wildman–Crippen MR) is 111 cm³/mol. The smallest absolute Gasteiger partial charge is 0.347 e. The van der Waals surface area contributed by atoms with Crippen molar-refractivity contribution in [3.05, 3.63) is 65.2 Å². The standard InChI is InChI=1S/C16H6BrCl2IN4O2/c17-12-6-11(24(23-12)14-9(19)2-1-3-21-14)15-22-13-8(16(25)26-15)4-7(18)5-10(13)20/h1-6H. The van der Waals surface area contributed by atoms with E-state index in [9.17, 15) is 4.79 Å². The first kappa shape index (κ1) is 17.9. The van der Waals surface area contributed by atoms with Crippen LogP contribution in [-0.4, -0.2) is 19.7 Å². The topological polar surface area (TPSA) is 73.8 Å². The van der Waals surface area contributed by atoms with Crippen molar-refractivity contribution in [3.63, 3.8) is 0 Å². The van der Waals surface area contributed by atoms with Gasteiger partial charge in [0, 0.05) is 20.9 Å². The molecule has 26 heavy (non-hydrogen) atoms. The van der Waals surface area contributed by atoms with Crippen LogP contribution < -0.4 is 5.63 Å². The van der Waals surface area contributed by atoms with Crippen LogP contribution in [0.1, 0.15) is 0 Å². The zero-order valence-electron chi connectivity index (χ0n) is 12.6. The van der Waals surface area contributed by atoms with Crippen LogP contribution in [0.25, 0.3) is 28.3 Å². The van der Waals surface area contributed by atoms with E-state index in [1.54, 1.807) is 30.5 Å². The second-order valence-corrected chi connectivity index (χ2v) is 7.98. The minimum atomic E-state index is -0.540. The van der Waals surface area contributed by atoms with E-state index >= 15 is 0 Å². The summed E-state index contributed by atoms with van der Waals surface area (Å²) in [6.07, 6.45) is 1.59. The fraction of sp³-hybridized carbons (Fsp3) is 0. The van der Waals surface area contributed by atoms with Crippen molar-refractivity contribution in [1.82, 2.24) is 19.7 Å². The zero-order chi connectivity index (χ0) is 18.4. The average Bonchev–Trinajstić information content (AvgIpc) is 2.97. The lowest BCUT2D eigenvalue weighted by Crippen LogP contribution is -2.08. The monoisotopic (exact) mass is 562 g/mol. The van der Waals surface area contributed by atoms with Crippen molar-refractivity contribution in [1.29, 1.82) is 0 Å². The van der Waals surface area contributed by atoms with Crippen molar-refractivity contribution in [2.75, 3.05) is 0 Å². The van der Waals surface area contributed by atoms with E-state index in [0.29, 0.717) is 37.1 Å². The van der Waals surface area contributed by atoms with Gasteiger partial charge in [0.05, 0.1) is 15.9 Å². The number of benzene rings is 1. The van der Waals surface area contributed by atoms with Crippen LogP contribution >= 0.6 is 61.7 Å². The Morgan fingerprint density at radius 2 is 2.04 bits per heavy atom. The van der Waals surface area contributed by atoms with E-state index in [0.717, 1.165) is 3.57 Å². The van der Waals surface area contributed by atoms with Gasteiger partial charge in [-0.05, 0) is 62.8 Å². The molecule has 0 aliphatic rings. The van der Waals surface area contributed by atoms with Crippen molar-refractivity contribution < 1.29 is 4.42 Å². The maximum Gasteiger partial charge on any atom is 0.347 e. The average molecular weight is 564 g/mol. The van der Waals surface area contributed by atoms with Gasteiger partial charge in [0.25, 0.3) is 0 Å². The molecule has 6 nitrogen and oxygen atoms in total. The summed E-state index contributed by atoms with van der Waals surface area (Å²) >= 11 is 17.7. The van der Waals surface area contributed by atoms with Crippen molar-refractivity contribution >= 4 is 72.6 Å². The Labute approximate surface area is 178 Å². The molecule has 4 aromatic rings. The number of nitrogens with zero attached hydrogens (tertiary/aromatic N) is 4. The highest BCUT2D eigenvalue weighted by Gasteiger charge is 2.19. The van der Waals surface area contributed by atoms with Crippen LogP contribution in [0, 0.1) is 3.57 Å². The Bertz CT molecular complexity index is 1220. The van der Waals surface area contributed by atoms with E-state index in [1.807, 2.05) is 0 Å². The summed E-state index contributed by atoms with van der Waals surface area (Å²) in [4.78, 5) is 21.2. The first-order chi connectivity index (χ1) is 12.4. The fourth-order valence-corrected chi connectivity index (χ4v) is 4.14. The first-order valence-electron chi connectivity index (χ1n) is 7.11. The number of fused-ring (bicyclic) bond motifs is 1. The number of hydrogen-bond donors (Lipinski definition) is 0. The molecule has 0 radical (unpaired) electrons. The number of rotatable bonds is 2. The third-order valence-corrected chi connectivity index (χ3v) is 5.21. The lowest BCUT2D eigenvalue weighted by Gasteiger charge is -2.07. The van der Waals surface area contributed by atoms with Gasteiger partial charge in [0.1, 0.15) is 10.3 Å². The summed E-state index contributed by atoms with van der Waals surface area (Å²) in [6.45, 7) is 0. The maximum atomic E-state index is 12.4. The molecule has 4 rings (SSSR count). The molecule has 1 aromatic carbocycles. The summed E-state index contributed by atoms with van der Waals surface area (Å²) in [7, 11) is 0. The molecule has 10 heteroatoms. The largest absolute Gasteiger partial charge is 0.401 e. The summed E-state index contributed by atoms with van der Waals surface area (Å²) in [5.74, 6) is 0.493. The maximum absolute atomic E-state index is 12.4. The summed E-state index contributed by atoms with van der Waals surface area (Å²) in [5, 5.41) is 5.48. The van der Waals surface area contributed by atoms with Gasteiger partial charge in [-0.2, -0.15) is 5.10 Å². The molecule has 0 spiro atoms. The zero-order valence-corrected chi connectivity index (χ0v) is 17.8. The molecule has 0 unspecified atom stereocenters. The number of aromatic nitrogens is 4. The number of hydrogen-bond acceptors (Lipinski definition) is 5. The van der Waals surface area contributed by atoms with Gasteiger partial charge in [0.2, 0.25) is 5.89 Å². The van der Waals surface area contributed by atoms with E-state index in [4.69, 9.17) is 27.6 Å². The van der Waals surface area contributed by atoms with Crippen LogP contribution in [0.2, 0.25) is 10.0 Å². The molecule has 0 amide bonds. The third-order valence-electron chi connectivity index (χ3n) is 3.49. The van der Waals surface area contributed by atoms with Gasteiger partial charge >= 0.3 is 5.63 Å². The van der Waals surface area contributed by atoms with Crippen LogP contribution in [0.4, 0.5) is 0 Å². The number of pyridine rings is 1.